The first-order valence-electron chi connectivity index (χ1n) is 5.85. The van der Waals surface area contributed by atoms with Gasteiger partial charge in [-0.15, -0.1) is 4.98 Å². The van der Waals surface area contributed by atoms with Crippen LogP contribution >= 0.6 is 11.6 Å². The highest BCUT2D eigenvalue weighted by molar-refractivity contribution is 6.28. The Bertz CT molecular complexity index is 576. The van der Waals surface area contributed by atoms with Crippen molar-refractivity contribution in [1.29, 1.82) is 0 Å². The lowest BCUT2D eigenvalue weighted by molar-refractivity contribution is 0.218. The van der Waals surface area contributed by atoms with E-state index in [1.807, 2.05) is 45.0 Å². The third-order valence-corrected chi connectivity index (χ3v) is 2.28. The highest BCUT2D eigenvalue weighted by Crippen LogP contribution is 2.21. The van der Waals surface area contributed by atoms with Crippen LogP contribution in [0.1, 0.15) is 19.4 Å². The predicted octanol–water partition coefficient (Wildman–Crippen LogP) is 3.41. The van der Waals surface area contributed by atoms with Crippen molar-refractivity contribution in [3.05, 3.63) is 35.1 Å². The minimum atomic E-state index is -0.0507. The molecule has 1 aromatic carbocycles. The largest absolute Gasteiger partial charge is 0.461 e. The Labute approximate surface area is 116 Å². The Kier molecular flexibility index (Phi) is 4.16. The molecule has 0 bridgehead atoms. The summed E-state index contributed by atoms with van der Waals surface area (Å²) in [6.45, 7) is 5.72. The summed E-state index contributed by atoms with van der Waals surface area (Å²) in [5.74, 6) is 0.637. The summed E-state index contributed by atoms with van der Waals surface area (Å²) < 4.78 is 10.9. The zero-order valence-electron chi connectivity index (χ0n) is 10.9. The second-order valence-electron chi connectivity index (χ2n) is 4.25. The number of aryl methyl sites for hydroxylation is 1. The lowest BCUT2D eigenvalue weighted by Crippen LogP contribution is -2.09. The zero-order chi connectivity index (χ0) is 13.8. The van der Waals surface area contributed by atoms with Crippen molar-refractivity contribution in [2.45, 2.75) is 26.9 Å². The van der Waals surface area contributed by atoms with Gasteiger partial charge in [0.15, 0.2) is 0 Å². The predicted molar refractivity (Wildman–Crippen MR) is 71.9 cm³/mol. The van der Waals surface area contributed by atoms with Crippen LogP contribution in [0.4, 0.5) is 0 Å². The fraction of sp³-hybridized carbons (Fsp3) is 0.308. The summed E-state index contributed by atoms with van der Waals surface area (Å²) in [4.78, 5) is 11.8. The minimum Gasteiger partial charge on any atom is -0.461 e. The van der Waals surface area contributed by atoms with Crippen LogP contribution < -0.4 is 9.47 Å². The number of rotatable bonds is 4. The molecule has 0 fully saturated rings. The lowest BCUT2D eigenvalue weighted by Gasteiger charge is -2.09. The first-order chi connectivity index (χ1) is 9.02. The highest BCUT2D eigenvalue weighted by atomic mass is 35.5. The molecular weight excluding hydrogens is 266 g/mol. The van der Waals surface area contributed by atoms with Gasteiger partial charge >= 0.3 is 12.0 Å². The number of nitrogens with zero attached hydrogens (tertiary/aromatic N) is 3. The Hall–Kier alpha value is -1.88. The van der Waals surface area contributed by atoms with Gasteiger partial charge in [-0.3, -0.25) is 0 Å². The molecular formula is C13H14ClN3O2. The van der Waals surface area contributed by atoms with E-state index in [1.54, 1.807) is 0 Å². The molecule has 1 aromatic heterocycles. The van der Waals surface area contributed by atoms with Crippen molar-refractivity contribution in [1.82, 2.24) is 15.0 Å². The van der Waals surface area contributed by atoms with E-state index in [4.69, 9.17) is 21.1 Å². The Balaban J connectivity index is 2.22. The molecule has 0 saturated carbocycles. The van der Waals surface area contributed by atoms with Gasteiger partial charge in [0.25, 0.3) is 0 Å². The second kappa shape index (κ2) is 5.84. The van der Waals surface area contributed by atoms with E-state index in [9.17, 15) is 0 Å². The van der Waals surface area contributed by atoms with Gasteiger partial charge in [-0.05, 0) is 50.1 Å². The molecule has 0 N–H and O–H groups in total. The third-order valence-electron chi connectivity index (χ3n) is 2.11. The molecule has 0 unspecified atom stereocenters. The highest BCUT2D eigenvalue weighted by Gasteiger charge is 2.09. The first-order valence-corrected chi connectivity index (χ1v) is 6.23. The van der Waals surface area contributed by atoms with Crippen molar-refractivity contribution >= 4 is 11.6 Å². The number of ether oxygens (including phenoxy) is 2. The molecule has 0 atom stereocenters. The Morgan fingerprint density at radius 3 is 2.53 bits per heavy atom. The fourth-order valence-corrected chi connectivity index (χ4v) is 1.55. The van der Waals surface area contributed by atoms with E-state index in [0.717, 1.165) is 5.56 Å². The van der Waals surface area contributed by atoms with Crippen LogP contribution in [0, 0.1) is 6.92 Å². The van der Waals surface area contributed by atoms with Gasteiger partial charge in [0.05, 0.1) is 6.10 Å². The Morgan fingerprint density at radius 2 is 1.84 bits per heavy atom. The van der Waals surface area contributed by atoms with Gasteiger partial charge < -0.3 is 9.47 Å². The molecule has 0 amide bonds. The normalized spacial score (nSPS) is 10.6. The quantitative estimate of drug-likeness (QED) is 0.858. The van der Waals surface area contributed by atoms with E-state index in [0.29, 0.717) is 5.75 Å². The van der Waals surface area contributed by atoms with Crippen LogP contribution in [0.15, 0.2) is 24.3 Å². The lowest BCUT2D eigenvalue weighted by atomic mass is 10.2. The van der Waals surface area contributed by atoms with Crippen molar-refractivity contribution in [2.75, 3.05) is 0 Å². The maximum absolute atomic E-state index is 5.81. The van der Waals surface area contributed by atoms with Crippen LogP contribution in [0.5, 0.6) is 17.8 Å². The van der Waals surface area contributed by atoms with E-state index in [-0.39, 0.29) is 23.4 Å². The average molecular weight is 280 g/mol. The molecule has 5 nitrogen and oxygen atoms in total. The summed E-state index contributed by atoms with van der Waals surface area (Å²) in [5, 5.41) is 0.0355. The topological polar surface area (TPSA) is 57.1 Å². The van der Waals surface area contributed by atoms with Crippen molar-refractivity contribution in [3.63, 3.8) is 0 Å². The van der Waals surface area contributed by atoms with E-state index in [2.05, 4.69) is 15.0 Å². The minimum absolute atomic E-state index is 0.0355. The van der Waals surface area contributed by atoms with Crippen LogP contribution in [0.3, 0.4) is 0 Å². The molecule has 0 aliphatic rings. The molecule has 6 heteroatoms. The molecule has 2 aromatic rings. The number of aromatic nitrogens is 3. The van der Waals surface area contributed by atoms with Crippen LogP contribution in [-0.2, 0) is 0 Å². The summed E-state index contributed by atoms with van der Waals surface area (Å²) in [6, 6.07) is 7.81. The van der Waals surface area contributed by atoms with Gasteiger partial charge in [-0.2, -0.15) is 9.97 Å². The van der Waals surface area contributed by atoms with E-state index in [1.165, 1.54) is 0 Å². The summed E-state index contributed by atoms with van der Waals surface area (Å²) in [6.07, 6.45) is -0.0507. The third kappa shape index (κ3) is 4.06. The maximum atomic E-state index is 5.81. The molecule has 2 rings (SSSR count). The summed E-state index contributed by atoms with van der Waals surface area (Å²) >= 11 is 5.81. The standard InChI is InChI=1S/C13H14ClN3O2/c1-8(2)18-12-15-11(14)16-13(17-12)19-10-6-4-5-9(3)7-10/h4-8H,1-3H3. The van der Waals surface area contributed by atoms with Gasteiger partial charge in [0.1, 0.15) is 5.75 Å². The van der Waals surface area contributed by atoms with Gasteiger partial charge in [0.2, 0.25) is 5.28 Å². The van der Waals surface area contributed by atoms with Gasteiger partial charge in [-0.25, -0.2) is 0 Å². The monoisotopic (exact) mass is 279 g/mol. The van der Waals surface area contributed by atoms with Crippen LogP contribution in [0.2, 0.25) is 5.28 Å². The van der Waals surface area contributed by atoms with E-state index < -0.39 is 0 Å². The zero-order valence-corrected chi connectivity index (χ0v) is 11.7. The molecule has 0 aliphatic carbocycles. The molecule has 1 heterocycles. The second-order valence-corrected chi connectivity index (χ2v) is 4.59. The van der Waals surface area contributed by atoms with Gasteiger partial charge in [0, 0.05) is 0 Å². The molecule has 0 aliphatic heterocycles. The van der Waals surface area contributed by atoms with Crippen LogP contribution in [0.25, 0.3) is 0 Å². The fourth-order valence-electron chi connectivity index (χ4n) is 1.41. The number of hydrogen-bond donors (Lipinski definition) is 0. The van der Waals surface area contributed by atoms with Gasteiger partial charge in [-0.1, -0.05) is 12.1 Å². The Morgan fingerprint density at radius 1 is 1.11 bits per heavy atom. The molecule has 0 spiro atoms. The average Bonchev–Trinajstić information content (AvgIpc) is 2.26. The SMILES string of the molecule is Cc1cccc(Oc2nc(Cl)nc(OC(C)C)n2)c1. The number of halogens is 1. The van der Waals surface area contributed by atoms with Crippen molar-refractivity contribution < 1.29 is 9.47 Å². The number of hydrogen-bond acceptors (Lipinski definition) is 5. The number of benzene rings is 1. The summed E-state index contributed by atoms with van der Waals surface area (Å²) in [5.41, 5.74) is 1.08. The van der Waals surface area contributed by atoms with Crippen molar-refractivity contribution in [2.24, 2.45) is 0 Å². The molecule has 0 radical (unpaired) electrons. The van der Waals surface area contributed by atoms with Crippen molar-refractivity contribution in [3.8, 4) is 17.8 Å². The summed E-state index contributed by atoms with van der Waals surface area (Å²) in [7, 11) is 0. The molecule has 0 saturated heterocycles. The first kappa shape index (κ1) is 13.5. The maximum Gasteiger partial charge on any atom is 0.329 e. The van der Waals surface area contributed by atoms with Crippen LogP contribution in [-0.4, -0.2) is 21.1 Å². The molecule has 100 valence electrons. The molecule has 19 heavy (non-hydrogen) atoms. The smallest absolute Gasteiger partial charge is 0.329 e. The van der Waals surface area contributed by atoms with E-state index >= 15 is 0 Å².